The molecule has 0 N–H and O–H groups in total. The fourth-order valence-electron chi connectivity index (χ4n) is 1.79. The van der Waals surface area contributed by atoms with Gasteiger partial charge in [0.05, 0.1) is 6.04 Å². The predicted octanol–water partition coefficient (Wildman–Crippen LogP) is 3.01. The fourth-order valence-corrected chi connectivity index (χ4v) is 1.79. The van der Waals surface area contributed by atoms with Crippen LogP contribution in [0, 0.1) is 11.8 Å². The maximum atomic E-state index is 5.45. The normalized spacial score (nSPS) is 29.1. The number of nitrogens with zero attached hydrogens (tertiary/aromatic N) is 2. The third kappa shape index (κ3) is 2.14. The van der Waals surface area contributed by atoms with E-state index in [0.29, 0.717) is 12.0 Å². The zero-order chi connectivity index (χ0) is 10.2. The van der Waals surface area contributed by atoms with Crippen LogP contribution >= 0.6 is 0 Å². The van der Waals surface area contributed by atoms with Gasteiger partial charge in [-0.2, -0.15) is 10.2 Å². The molecular weight excluding hydrogens is 176 g/mol. The van der Waals surface area contributed by atoms with Crippen molar-refractivity contribution >= 4 is 0 Å². The molecule has 2 aliphatic carbocycles. The maximum Gasteiger partial charge on any atom is 0.178 e. The Morgan fingerprint density at radius 3 is 2.36 bits per heavy atom. The molecule has 0 aromatic rings. The van der Waals surface area contributed by atoms with Crippen LogP contribution in [0.3, 0.4) is 0 Å². The first-order valence-electron chi connectivity index (χ1n) is 5.63. The molecule has 2 aliphatic rings. The average molecular weight is 196 g/mol. The number of hydrogen-bond acceptors (Lipinski definition) is 3. The van der Waals surface area contributed by atoms with Crippen molar-refractivity contribution in [3.05, 3.63) is 0 Å². The third-order valence-corrected chi connectivity index (χ3v) is 3.49. The Hall–Kier alpha value is -0.440. The Morgan fingerprint density at radius 1 is 1.29 bits per heavy atom. The van der Waals surface area contributed by atoms with E-state index in [9.17, 15) is 0 Å². The van der Waals surface area contributed by atoms with Gasteiger partial charge in [-0.3, -0.25) is 0 Å². The number of azo groups is 1. The molecule has 80 valence electrons. The van der Waals surface area contributed by atoms with Gasteiger partial charge in [-0.25, -0.2) is 0 Å². The minimum absolute atomic E-state index is 0.344. The number of hydrogen-bond donors (Lipinski definition) is 0. The monoisotopic (exact) mass is 196 g/mol. The highest BCUT2D eigenvalue weighted by molar-refractivity contribution is 4.91. The molecule has 2 atom stereocenters. The van der Waals surface area contributed by atoms with E-state index in [1.54, 1.807) is 7.11 Å². The highest BCUT2D eigenvalue weighted by atomic mass is 16.5. The lowest BCUT2D eigenvalue weighted by molar-refractivity contribution is -0.0128. The van der Waals surface area contributed by atoms with Crippen LogP contribution < -0.4 is 0 Å². The van der Waals surface area contributed by atoms with Crippen LogP contribution in [0.25, 0.3) is 0 Å². The third-order valence-electron chi connectivity index (χ3n) is 3.49. The zero-order valence-corrected chi connectivity index (χ0v) is 9.36. The van der Waals surface area contributed by atoms with Gasteiger partial charge in [0.15, 0.2) is 5.72 Å². The van der Waals surface area contributed by atoms with E-state index in [4.69, 9.17) is 4.74 Å². The van der Waals surface area contributed by atoms with Gasteiger partial charge >= 0.3 is 0 Å². The van der Waals surface area contributed by atoms with Crippen molar-refractivity contribution < 1.29 is 4.74 Å². The minimum Gasteiger partial charge on any atom is -0.355 e. The van der Waals surface area contributed by atoms with E-state index >= 15 is 0 Å². The molecular formula is C11H20N2O. The average Bonchev–Trinajstić information content (AvgIpc) is 3.05. The maximum absolute atomic E-state index is 5.45. The van der Waals surface area contributed by atoms with E-state index in [2.05, 4.69) is 17.2 Å². The van der Waals surface area contributed by atoms with Crippen molar-refractivity contribution in [2.45, 2.75) is 51.3 Å². The van der Waals surface area contributed by atoms with E-state index < -0.39 is 0 Å². The van der Waals surface area contributed by atoms with Crippen LogP contribution in [-0.2, 0) is 4.74 Å². The smallest absolute Gasteiger partial charge is 0.178 e. The largest absolute Gasteiger partial charge is 0.355 e. The standard InChI is InChI=1S/C11H20N2O/c1-8(9-4-5-9)12-13-11(2,14-3)10-6-7-10/h8-10H,4-7H2,1-3H3/b13-12+. The molecule has 2 unspecified atom stereocenters. The van der Waals surface area contributed by atoms with Crippen molar-refractivity contribution in [2.75, 3.05) is 7.11 Å². The van der Waals surface area contributed by atoms with E-state index in [1.807, 2.05) is 6.92 Å². The summed E-state index contributed by atoms with van der Waals surface area (Å²) in [5, 5.41) is 8.79. The van der Waals surface area contributed by atoms with Crippen molar-refractivity contribution in [1.82, 2.24) is 0 Å². The van der Waals surface area contributed by atoms with Crippen LogP contribution in [0.5, 0.6) is 0 Å². The van der Waals surface area contributed by atoms with Gasteiger partial charge < -0.3 is 4.74 Å². The Morgan fingerprint density at radius 2 is 1.93 bits per heavy atom. The van der Waals surface area contributed by atoms with Gasteiger partial charge in [0.25, 0.3) is 0 Å². The molecule has 0 radical (unpaired) electrons. The lowest BCUT2D eigenvalue weighted by Gasteiger charge is -2.22. The molecule has 0 spiro atoms. The van der Waals surface area contributed by atoms with Crippen LogP contribution in [0.15, 0.2) is 10.2 Å². The van der Waals surface area contributed by atoms with Gasteiger partial charge in [0.2, 0.25) is 0 Å². The summed E-state index contributed by atoms with van der Waals surface area (Å²) in [5.41, 5.74) is -0.344. The summed E-state index contributed by atoms with van der Waals surface area (Å²) < 4.78 is 5.45. The molecule has 14 heavy (non-hydrogen) atoms. The van der Waals surface area contributed by atoms with Crippen LogP contribution in [0.2, 0.25) is 0 Å². The summed E-state index contributed by atoms with van der Waals surface area (Å²) in [6, 6.07) is 0.392. The molecule has 0 saturated heterocycles. The summed E-state index contributed by atoms with van der Waals surface area (Å²) >= 11 is 0. The SMILES string of the molecule is COC(C)(/N=N/C(C)C1CC1)C1CC1. The molecule has 3 nitrogen and oxygen atoms in total. The highest BCUT2D eigenvalue weighted by Gasteiger charge is 2.42. The van der Waals surface area contributed by atoms with E-state index in [-0.39, 0.29) is 5.72 Å². The van der Waals surface area contributed by atoms with Gasteiger partial charge in [-0.15, -0.1) is 0 Å². The van der Waals surface area contributed by atoms with E-state index in [0.717, 1.165) is 5.92 Å². The quantitative estimate of drug-likeness (QED) is 0.622. The molecule has 0 aliphatic heterocycles. The Labute approximate surface area is 85.9 Å². The van der Waals surface area contributed by atoms with Gasteiger partial charge in [0.1, 0.15) is 0 Å². The first-order valence-corrected chi connectivity index (χ1v) is 5.63. The molecule has 2 fully saturated rings. The Kier molecular flexibility index (Phi) is 2.60. The first-order chi connectivity index (χ1) is 6.65. The second kappa shape index (κ2) is 3.61. The van der Waals surface area contributed by atoms with Crippen LogP contribution in [-0.4, -0.2) is 18.9 Å². The molecule has 3 heteroatoms. The molecule has 0 aromatic heterocycles. The topological polar surface area (TPSA) is 34.0 Å². The summed E-state index contributed by atoms with van der Waals surface area (Å²) in [6.45, 7) is 4.21. The van der Waals surface area contributed by atoms with Gasteiger partial charge in [-0.05, 0) is 45.4 Å². The van der Waals surface area contributed by atoms with Crippen LogP contribution in [0.1, 0.15) is 39.5 Å². The van der Waals surface area contributed by atoms with Gasteiger partial charge in [0, 0.05) is 13.0 Å². The Balaban J connectivity index is 1.91. The van der Waals surface area contributed by atoms with Crippen molar-refractivity contribution in [1.29, 1.82) is 0 Å². The number of methoxy groups -OCH3 is 1. The van der Waals surface area contributed by atoms with Crippen molar-refractivity contribution in [3.8, 4) is 0 Å². The second-order valence-electron chi connectivity index (χ2n) is 4.83. The lowest BCUT2D eigenvalue weighted by Crippen LogP contribution is -2.27. The molecule has 0 amide bonds. The summed E-state index contributed by atoms with van der Waals surface area (Å²) in [6.07, 6.45) is 5.13. The van der Waals surface area contributed by atoms with Crippen molar-refractivity contribution in [2.24, 2.45) is 22.1 Å². The molecule has 2 saturated carbocycles. The van der Waals surface area contributed by atoms with Gasteiger partial charge in [-0.1, -0.05) is 0 Å². The molecule has 0 heterocycles. The van der Waals surface area contributed by atoms with Crippen LogP contribution in [0.4, 0.5) is 0 Å². The molecule has 0 aromatic carbocycles. The van der Waals surface area contributed by atoms with E-state index in [1.165, 1.54) is 25.7 Å². The fraction of sp³-hybridized carbons (Fsp3) is 1.00. The minimum atomic E-state index is -0.344. The summed E-state index contributed by atoms with van der Waals surface area (Å²) in [5.74, 6) is 1.39. The zero-order valence-electron chi connectivity index (χ0n) is 9.36. The Bertz CT molecular complexity index is 233. The number of rotatable bonds is 5. The second-order valence-corrected chi connectivity index (χ2v) is 4.83. The lowest BCUT2D eigenvalue weighted by atomic mass is 10.1. The number of ether oxygens (including phenoxy) is 1. The summed E-state index contributed by atoms with van der Waals surface area (Å²) in [4.78, 5) is 0. The predicted molar refractivity (Wildman–Crippen MR) is 55.2 cm³/mol. The first kappa shape index (κ1) is 10.1. The van der Waals surface area contributed by atoms with Crippen molar-refractivity contribution in [3.63, 3.8) is 0 Å². The summed E-state index contributed by atoms with van der Waals surface area (Å²) in [7, 11) is 1.74. The highest BCUT2D eigenvalue weighted by Crippen LogP contribution is 2.43. The molecule has 2 rings (SSSR count). The molecule has 0 bridgehead atoms.